The molecule has 1 fully saturated rings. The number of aliphatic carboxylic acids is 1. The van der Waals surface area contributed by atoms with Gasteiger partial charge in [-0.3, -0.25) is 14.5 Å². The van der Waals surface area contributed by atoms with Crippen molar-refractivity contribution in [2.45, 2.75) is 23.2 Å². The minimum Gasteiger partial charge on any atom is -0.614 e. The molecule has 0 radical (unpaired) electrons. The van der Waals surface area contributed by atoms with Crippen LogP contribution in [0.2, 0.25) is 0 Å². The van der Waals surface area contributed by atoms with Crippen molar-refractivity contribution in [2.75, 3.05) is 18.6 Å². The Hall–Kier alpha value is -4.00. The van der Waals surface area contributed by atoms with E-state index in [9.17, 15) is 32.5 Å². The molecule has 2 aromatic rings. The number of β-lactam (4-membered cyclic amide) rings is 1. The number of nitrogens with zero attached hydrogens (tertiary/aromatic N) is 4. The van der Waals surface area contributed by atoms with Crippen LogP contribution in [0.4, 0.5) is 5.13 Å². The van der Waals surface area contributed by atoms with Crippen molar-refractivity contribution in [3.63, 3.8) is 0 Å². The number of oxime groups is 1. The number of anilines is 1. The monoisotopic (exact) mass is 596 g/mol. The van der Waals surface area contributed by atoms with Gasteiger partial charge in [-0.1, -0.05) is 22.9 Å². The summed E-state index contributed by atoms with van der Waals surface area (Å²) in [5, 5.41) is 14.5. The molecule has 4 N–H and O–H groups in total. The minimum absolute atomic E-state index is 0.0494. The number of aryl methyl sites for hydroxylation is 1. The predicted octanol–water partition coefficient (Wildman–Crippen LogP) is -0.547. The number of carbonyl (C=O) groups is 3. The molecule has 3 heterocycles. The predicted molar refractivity (Wildman–Crippen MR) is 137 cm³/mol. The smallest absolute Gasteiger partial charge is 0.353 e. The molecule has 0 bridgehead atoms. The average Bonchev–Trinajstić information content (AvgIpc) is 3.31. The van der Waals surface area contributed by atoms with Crippen molar-refractivity contribution in [3.05, 3.63) is 59.3 Å². The second-order valence-corrected chi connectivity index (χ2v) is 11.9. The number of aromatic nitrogens is 2. The highest BCUT2D eigenvalue weighted by Gasteiger charge is 2.61. The lowest BCUT2D eigenvalue weighted by atomic mass is 10.0. The first kappa shape index (κ1) is 28.0. The van der Waals surface area contributed by atoms with Gasteiger partial charge < -0.3 is 29.7 Å². The first-order valence-corrected chi connectivity index (χ1v) is 14.4. The normalized spacial score (nSPS) is 21.4. The number of carbonyl (C=O) groups excluding carboxylic acids is 2. The number of benzene rings is 1. The Bertz CT molecular complexity index is 1520. The number of carboxylic acid groups (broad SMARTS) is 1. The van der Waals surface area contributed by atoms with E-state index in [1.165, 1.54) is 19.2 Å². The molecule has 0 spiro atoms. The number of nitrogens with one attached hydrogen (secondary N) is 1. The first-order chi connectivity index (χ1) is 18.4. The molecule has 2 aliphatic heterocycles. The third-order valence-corrected chi connectivity index (χ3v) is 8.83. The van der Waals surface area contributed by atoms with Gasteiger partial charge >= 0.3 is 16.1 Å². The molecule has 1 aromatic carbocycles. The van der Waals surface area contributed by atoms with Gasteiger partial charge in [0.15, 0.2) is 11.2 Å². The number of hydrogen-bond donors (Lipinski definition) is 3. The summed E-state index contributed by atoms with van der Waals surface area (Å²) in [7, 11) is -3.04. The third-order valence-electron chi connectivity index (χ3n) is 5.46. The summed E-state index contributed by atoms with van der Waals surface area (Å²) < 4.78 is 46.5. The van der Waals surface area contributed by atoms with Crippen LogP contribution in [0.15, 0.2) is 57.9 Å². The number of carboxylic acids is 1. The molecule has 4 rings (SSSR count). The van der Waals surface area contributed by atoms with Gasteiger partial charge in [-0.25, -0.2) is 4.79 Å². The highest BCUT2D eigenvalue weighted by Crippen LogP contribution is 2.37. The minimum atomic E-state index is -4.21. The van der Waals surface area contributed by atoms with E-state index < -0.39 is 61.9 Å². The lowest BCUT2D eigenvalue weighted by Gasteiger charge is -2.48. The quantitative estimate of drug-likeness (QED) is 0.0828. The van der Waals surface area contributed by atoms with Gasteiger partial charge in [0, 0.05) is 17.1 Å². The largest absolute Gasteiger partial charge is 0.614 e. The van der Waals surface area contributed by atoms with Gasteiger partial charge in [0.05, 0.1) is 0 Å². The van der Waals surface area contributed by atoms with Crippen LogP contribution in [0.3, 0.4) is 0 Å². The SMILES string of the molecule is CO/N=C(/C(=O)NC1C(=O)N2C(C(=O)O)=C(/C=C/OS(=O)(=O)c3ccc(C)cc3)C[S+]([O-])[C@H]12)c1nsc(N)n1. The van der Waals surface area contributed by atoms with Gasteiger partial charge in [-0.2, -0.15) is 17.8 Å². The van der Waals surface area contributed by atoms with Crippen LogP contribution >= 0.6 is 11.5 Å². The Morgan fingerprint density at radius 2 is 2.05 bits per heavy atom. The van der Waals surface area contributed by atoms with Crippen LogP contribution in [-0.4, -0.2) is 80.1 Å². The van der Waals surface area contributed by atoms with Crippen LogP contribution < -0.4 is 11.1 Å². The van der Waals surface area contributed by atoms with Crippen molar-refractivity contribution in [1.29, 1.82) is 0 Å². The Balaban J connectivity index is 1.54. The van der Waals surface area contributed by atoms with Crippen molar-refractivity contribution in [1.82, 2.24) is 19.6 Å². The molecule has 39 heavy (non-hydrogen) atoms. The van der Waals surface area contributed by atoms with Crippen LogP contribution in [0, 0.1) is 6.92 Å². The summed E-state index contributed by atoms with van der Waals surface area (Å²) in [6, 6.07) is 4.49. The number of nitrogen functional groups attached to an aromatic ring is 1. The maximum atomic E-state index is 13.0. The fraction of sp³-hybridized carbons (Fsp3) is 0.238. The van der Waals surface area contributed by atoms with E-state index in [0.717, 1.165) is 34.3 Å². The summed E-state index contributed by atoms with van der Waals surface area (Å²) in [6.07, 6.45) is 1.76. The number of allylic oxidation sites excluding steroid dienone is 1. The Morgan fingerprint density at radius 3 is 2.64 bits per heavy atom. The Kier molecular flexibility index (Phi) is 7.91. The van der Waals surface area contributed by atoms with E-state index in [2.05, 4.69) is 24.7 Å². The van der Waals surface area contributed by atoms with E-state index in [0.29, 0.717) is 0 Å². The van der Waals surface area contributed by atoms with Crippen LogP contribution in [0.25, 0.3) is 0 Å². The van der Waals surface area contributed by atoms with Gasteiger partial charge in [-0.05, 0) is 36.3 Å². The fourth-order valence-electron chi connectivity index (χ4n) is 3.69. The Morgan fingerprint density at radius 1 is 1.36 bits per heavy atom. The summed E-state index contributed by atoms with van der Waals surface area (Å²) >= 11 is -1.10. The zero-order valence-corrected chi connectivity index (χ0v) is 22.6. The third kappa shape index (κ3) is 5.58. The highest BCUT2D eigenvalue weighted by atomic mass is 32.2. The zero-order chi connectivity index (χ0) is 28.5. The lowest BCUT2D eigenvalue weighted by molar-refractivity contribution is -0.150. The molecule has 2 aliphatic rings. The summed E-state index contributed by atoms with van der Waals surface area (Å²) in [6.45, 7) is 1.78. The molecule has 0 saturated carbocycles. The van der Waals surface area contributed by atoms with E-state index in [1.54, 1.807) is 19.1 Å². The van der Waals surface area contributed by atoms with Gasteiger partial charge in [-0.15, -0.1) is 0 Å². The lowest BCUT2D eigenvalue weighted by Crippen LogP contribution is -2.75. The van der Waals surface area contributed by atoms with Crippen LogP contribution in [0.1, 0.15) is 11.4 Å². The van der Waals surface area contributed by atoms with Crippen LogP contribution in [0.5, 0.6) is 0 Å². The second kappa shape index (κ2) is 11.0. The number of nitrogens with two attached hydrogens (primary N) is 1. The average molecular weight is 597 g/mol. The maximum Gasteiger partial charge on any atom is 0.353 e. The number of rotatable bonds is 9. The first-order valence-electron chi connectivity index (χ1n) is 10.8. The van der Waals surface area contributed by atoms with Crippen LogP contribution in [-0.2, 0) is 44.7 Å². The molecule has 206 valence electrons. The van der Waals surface area contributed by atoms with E-state index in [-0.39, 0.29) is 27.2 Å². The van der Waals surface area contributed by atoms with E-state index in [1.807, 2.05) is 0 Å². The topological polar surface area (TPSA) is 227 Å². The number of amides is 2. The highest BCUT2D eigenvalue weighted by molar-refractivity contribution is 7.92. The van der Waals surface area contributed by atoms with Gasteiger partial charge in [0.1, 0.15) is 29.7 Å². The molecule has 2 unspecified atom stereocenters. The summed E-state index contributed by atoms with van der Waals surface area (Å²) in [5.41, 5.74) is 5.33. The molecule has 1 saturated heterocycles. The number of hydrogen-bond acceptors (Lipinski definition) is 13. The van der Waals surface area contributed by atoms with E-state index in [4.69, 9.17) is 9.92 Å². The summed E-state index contributed by atoms with van der Waals surface area (Å²) in [5.74, 6) is -3.86. The standard InChI is InChI=1S/C21H20N6O9S3/c1-10-3-5-12(6-4-10)39(33,34)36-8-7-11-9-38(32)19-14(18(29)27(19)15(11)20(30)31)23-17(28)13(25-35-2)16-24-21(22)37-26-16/h3-8,14,19H,9H2,1-2H3,(H,23,28)(H,30,31)(H2,22,24,26)/b8-7+,25-13+/t14?,19-,38?/m1/s1. The van der Waals surface area contributed by atoms with Gasteiger partial charge in [0.2, 0.25) is 16.9 Å². The summed E-state index contributed by atoms with van der Waals surface area (Å²) in [4.78, 5) is 46.9. The fourth-order valence-corrected chi connectivity index (χ4v) is 6.55. The maximum absolute atomic E-state index is 13.0. The molecular formula is C21H20N6O9S3. The van der Waals surface area contributed by atoms with Crippen molar-refractivity contribution >= 4 is 61.5 Å². The molecule has 15 nitrogen and oxygen atoms in total. The zero-order valence-electron chi connectivity index (χ0n) is 20.1. The second-order valence-electron chi connectivity index (χ2n) is 8.00. The molecule has 3 atom stereocenters. The molecular weight excluding hydrogens is 576 g/mol. The number of fused-ring (bicyclic) bond motifs is 1. The van der Waals surface area contributed by atoms with Crippen molar-refractivity contribution < 1.29 is 41.5 Å². The Labute approximate surface area is 228 Å². The molecule has 18 heteroatoms. The van der Waals surface area contributed by atoms with Crippen molar-refractivity contribution in [3.8, 4) is 0 Å². The van der Waals surface area contributed by atoms with E-state index >= 15 is 0 Å². The molecule has 2 amide bonds. The molecule has 1 aromatic heterocycles. The van der Waals surface area contributed by atoms with Gasteiger partial charge in [0.25, 0.3) is 11.8 Å². The van der Waals surface area contributed by atoms with Crippen molar-refractivity contribution in [2.24, 2.45) is 5.16 Å². The molecule has 0 aliphatic carbocycles.